The molecule has 0 saturated carbocycles. The van der Waals surface area contributed by atoms with Crippen molar-refractivity contribution in [3.63, 3.8) is 0 Å². The summed E-state index contributed by atoms with van der Waals surface area (Å²) in [6, 6.07) is -1.00. The van der Waals surface area contributed by atoms with Crippen molar-refractivity contribution >= 4 is 12.0 Å². The van der Waals surface area contributed by atoms with Gasteiger partial charge in [0, 0.05) is 6.54 Å². The van der Waals surface area contributed by atoms with Crippen molar-refractivity contribution in [1.82, 2.24) is 20.0 Å². The standard InChI is InChI=1S/C16H24N4O5/c1-10-16(6-5-7-19(16)14(23)25-15(2,3)4)13(22)20(10)11(8-21)12-18-17-9-24-12/h9-11,21H,5-8H2,1-4H3/t10?,11-,16?/m0/s1. The fourth-order valence-corrected chi connectivity index (χ4v) is 3.83. The van der Waals surface area contributed by atoms with Crippen molar-refractivity contribution in [2.75, 3.05) is 13.2 Å². The Hall–Kier alpha value is -2.16. The van der Waals surface area contributed by atoms with E-state index in [9.17, 15) is 14.7 Å². The molecule has 1 aromatic heterocycles. The van der Waals surface area contributed by atoms with Crippen LogP contribution in [0.15, 0.2) is 10.8 Å². The highest BCUT2D eigenvalue weighted by Gasteiger charge is 2.67. The second-order valence-electron chi connectivity index (χ2n) is 7.52. The lowest BCUT2D eigenvalue weighted by Gasteiger charge is -2.57. The summed E-state index contributed by atoms with van der Waals surface area (Å²) in [5.41, 5.74) is -1.55. The van der Waals surface area contributed by atoms with Crippen LogP contribution in [-0.2, 0) is 9.53 Å². The van der Waals surface area contributed by atoms with Crippen LogP contribution in [0.3, 0.4) is 0 Å². The number of hydrogen-bond acceptors (Lipinski definition) is 7. The summed E-state index contributed by atoms with van der Waals surface area (Å²) >= 11 is 0. The Morgan fingerprint density at radius 1 is 1.56 bits per heavy atom. The summed E-state index contributed by atoms with van der Waals surface area (Å²) in [6.07, 6.45) is 1.98. The van der Waals surface area contributed by atoms with E-state index < -0.39 is 23.3 Å². The summed E-state index contributed by atoms with van der Waals surface area (Å²) < 4.78 is 10.6. The number of aromatic nitrogens is 2. The van der Waals surface area contributed by atoms with E-state index in [4.69, 9.17) is 9.15 Å². The SMILES string of the molecule is CC1N([C@@H](CO)c2nnco2)C(=O)C12CCCN2C(=O)OC(C)(C)C. The lowest BCUT2D eigenvalue weighted by atomic mass is 9.76. The smallest absolute Gasteiger partial charge is 0.411 e. The Bertz CT molecular complexity index is 656. The number of rotatable bonds is 3. The molecule has 2 aliphatic heterocycles. The molecule has 0 aliphatic carbocycles. The zero-order chi connectivity index (χ0) is 18.4. The van der Waals surface area contributed by atoms with Crippen LogP contribution in [0.25, 0.3) is 0 Å². The minimum atomic E-state index is -0.921. The number of ether oxygens (including phenoxy) is 1. The molecule has 2 fully saturated rings. The fourth-order valence-electron chi connectivity index (χ4n) is 3.83. The summed E-state index contributed by atoms with van der Waals surface area (Å²) in [5, 5.41) is 17.1. The molecule has 1 aromatic rings. The van der Waals surface area contributed by atoms with Crippen LogP contribution in [0.4, 0.5) is 4.79 Å². The van der Waals surface area contributed by atoms with E-state index in [-0.39, 0.29) is 24.4 Å². The van der Waals surface area contributed by atoms with Crippen molar-refractivity contribution in [2.45, 2.75) is 63.8 Å². The highest BCUT2D eigenvalue weighted by atomic mass is 16.6. The maximum atomic E-state index is 13.0. The topological polar surface area (TPSA) is 109 Å². The van der Waals surface area contributed by atoms with E-state index in [1.807, 2.05) is 6.92 Å². The van der Waals surface area contributed by atoms with E-state index >= 15 is 0 Å². The molecule has 9 nitrogen and oxygen atoms in total. The molecular weight excluding hydrogens is 328 g/mol. The minimum Gasteiger partial charge on any atom is -0.444 e. The first-order chi connectivity index (χ1) is 11.7. The molecule has 3 heterocycles. The maximum absolute atomic E-state index is 13.0. The van der Waals surface area contributed by atoms with E-state index in [2.05, 4.69) is 10.2 Å². The summed E-state index contributed by atoms with van der Waals surface area (Å²) in [6.45, 7) is 7.39. The van der Waals surface area contributed by atoms with Gasteiger partial charge in [0.05, 0.1) is 12.6 Å². The molecule has 25 heavy (non-hydrogen) atoms. The van der Waals surface area contributed by atoms with Crippen LogP contribution in [0.5, 0.6) is 0 Å². The van der Waals surface area contributed by atoms with E-state index in [0.717, 1.165) is 12.8 Å². The van der Waals surface area contributed by atoms with Gasteiger partial charge in [-0.25, -0.2) is 4.79 Å². The molecule has 0 bridgehead atoms. The second-order valence-corrected chi connectivity index (χ2v) is 7.52. The summed E-state index contributed by atoms with van der Waals surface area (Å²) in [5.74, 6) is -0.0417. The largest absolute Gasteiger partial charge is 0.444 e. The Morgan fingerprint density at radius 3 is 2.80 bits per heavy atom. The lowest BCUT2D eigenvalue weighted by Crippen LogP contribution is -2.78. The van der Waals surface area contributed by atoms with Crippen molar-refractivity contribution in [1.29, 1.82) is 0 Å². The van der Waals surface area contributed by atoms with Crippen molar-refractivity contribution < 1.29 is 23.8 Å². The normalized spacial score (nSPS) is 27.6. The molecule has 1 spiro atoms. The number of aliphatic hydroxyl groups excluding tert-OH is 1. The van der Waals surface area contributed by atoms with E-state index in [1.165, 1.54) is 9.80 Å². The van der Waals surface area contributed by atoms with Crippen molar-refractivity contribution in [3.05, 3.63) is 12.3 Å². The average Bonchev–Trinajstić information content (AvgIpc) is 3.20. The summed E-state index contributed by atoms with van der Waals surface area (Å²) in [7, 11) is 0. The first-order valence-electron chi connectivity index (χ1n) is 8.42. The molecule has 1 N–H and O–H groups in total. The monoisotopic (exact) mass is 352 g/mol. The Morgan fingerprint density at radius 2 is 2.28 bits per heavy atom. The van der Waals surface area contributed by atoms with Gasteiger partial charge in [0.25, 0.3) is 5.91 Å². The van der Waals surface area contributed by atoms with E-state index in [1.54, 1.807) is 20.8 Å². The van der Waals surface area contributed by atoms with Gasteiger partial charge in [-0.3, -0.25) is 9.69 Å². The number of aliphatic hydroxyl groups is 1. The zero-order valence-corrected chi connectivity index (χ0v) is 14.9. The number of hydrogen-bond donors (Lipinski definition) is 1. The Labute approximate surface area is 145 Å². The molecule has 2 amide bonds. The molecular formula is C16H24N4O5. The van der Waals surface area contributed by atoms with Gasteiger partial charge in [-0.2, -0.15) is 0 Å². The first-order valence-corrected chi connectivity index (χ1v) is 8.42. The van der Waals surface area contributed by atoms with Crippen LogP contribution in [0, 0.1) is 0 Å². The first kappa shape index (κ1) is 17.7. The van der Waals surface area contributed by atoms with Crippen LogP contribution in [-0.4, -0.2) is 67.4 Å². The van der Waals surface area contributed by atoms with E-state index in [0.29, 0.717) is 13.0 Å². The van der Waals surface area contributed by atoms with Crippen molar-refractivity contribution in [2.24, 2.45) is 0 Å². The fraction of sp³-hybridized carbons (Fsp3) is 0.750. The molecule has 0 radical (unpaired) electrons. The van der Waals surface area contributed by atoms with Gasteiger partial charge < -0.3 is 19.2 Å². The van der Waals surface area contributed by atoms with Gasteiger partial charge in [0.1, 0.15) is 17.2 Å². The van der Waals surface area contributed by atoms with Crippen molar-refractivity contribution in [3.8, 4) is 0 Å². The highest BCUT2D eigenvalue weighted by molar-refractivity contribution is 5.97. The number of carbonyl (C=O) groups excluding carboxylic acids is 2. The third kappa shape index (κ3) is 2.66. The molecule has 2 unspecified atom stereocenters. The lowest BCUT2D eigenvalue weighted by molar-refractivity contribution is -0.179. The van der Waals surface area contributed by atoms with Crippen LogP contribution in [0.1, 0.15) is 52.5 Å². The predicted octanol–water partition coefficient (Wildman–Crippen LogP) is 1.10. The number of amides is 2. The van der Waals surface area contributed by atoms with Gasteiger partial charge in [-0.05, 0) is 40.5 Å². The third-order valence-electron chi connectivity index (χ3n) is 4.92. The number of β-lactam (4-membered cyclic amide) rings is 1. The molecule has 2 aliphatic rings. The Kier molecular flexibility index (Phi) is 4.22. The molecule has 3 rings (SSSR count). The van der Waals surface area contributed by atoms with Crippen LogP contribution < -0.4 is 0 Å². The number of likely N-dealkylation sites (tertiary alicyclic amines) is 2. The van der Waals surface area contributed by atoms with Crippen LogP contribution >= 0.6 is 0 Å². The third-order valence-corrected chi connectivity index (χ3v) is 4.92. The van der Waals surface area contributed by atoms with Gasteiger partial charge in [-0.15, -0.1) is 10.2 Å². The quantitative estimate of drug-likeness (QED) is 0.811. The van der Waals surface area contributed by atoms with Gasteiger partial charge in [0.2, 0.25) is 12.3 Å². The summed E-state index contributed by atoms with van der Waals surface area (Å²) in [4.78, 5) is 28.7. The maximum Gasteiger partial charge on any atom is 0.411 e. The highest BCUT2D eigenvalue weighted by Crippen LogP contribution is 2.47. The molecule has 3 atom stereocenters. The molecule has 138 valence electrons. The van der Waals surface area contributed by atoms with Gasteiger partial charge in [-0.1, -0.05) is 0 Å². The Balaban J connectivity index is 1.83. The second kappa shape index (κ2) is 5.98. The van der Waals surface area contributed by atoms with Crippen LogP contribution in [0.2, 0.25) is 0 Å². The zero-order valence-electron chi connectivity index (χ0n) is 14.9. The minimum absolute atomic E-state index is 0.180. The molecule has 9 heteroatoms. The molecule has 0 aromatic carbocycles. The number of carbonyl (C=O) groups is 2. The average molecular weight is 352 g/mol. The predicted molar refractivity (Wildman–Crippen MR) is 85.3 cm³/mol. The van der Waals surface area contributed by atoms with Gasteiger partial charge >= 0.3 is 6.09 Å². The number of nitrogens with zero attached hydrogens (tertiary/aromatic N) is 4. The molecule has 2 saturated heterocycles. The van der Waals surface area contributed by atoms with Gasteiger partial charge in [0.15, 0.2) is 0 Å².